The Hall–Kier alpha value is -4.14. The molecule has 6 nitrogen and oxygen atoms in total. The van der Waals surface area contributed by atoms with E-state index in [4.69, 9.17) is 9.72 Å². The van der Waals surface area contributed by atoms with Gasteiger partial charge in [0.05, 0.1) is 5.56 Å². The van der Waals surface area contributed by atoms with Gasteiger partial charge in [0.25, 0.3) is 0 Å². The number of alkyl halides is 3. The van der Waals surface area contributed by atoms with Gasteiger partial charge in [-0.05, 0) is 74.9 Å². The highest BCUT2D eigenvalue weighted by molar-refractivity contribution is 5.76. The molecule has 4 aromatic rings. The first-order valence-corrected chi connectivity index (χ1v) is 13.1. The molecule has 4 rings (SSSR count). The summed E-state index contributed by atoms with van der Waals surface area (Å²) in [6.45, 7) is 5.50. The summed E-state index contributed by atoms with van der Waals surface area (Å²) >= 11 is 0. The van der Waals surface area contributed by atoms with Crippen molar-refractivity contribution in [2.24, 2.45) is 0 Å². The average molecular weight is 552 g/mol. The first-order chi connectivity index (χ1) is 18.9. The van der Waals surface area contributed by atoms with E-state index < -0.39 is 23.3 Å². The van der Waals surface area contributed by atoms with Crippen LogP contribution in [0.1, 0.15) is 48.3 Å². The van der Waals surface area contributed by atoms with Gasteiger partial charge < -0.3 is 9.84 Å². The highest BCUT2D eigenvalue weighted by Gasteiger charge is 2.31. The molecule has 0 aliphatic carbocycles. The van der Waals surface area contributed by atoms with Gasteiger partial charge in [-0.15, -0.1) is 0 Å². The Morgan fingerprint density at radius 1 is 0.925 bits per heavy atom. The van der Waals surface area contributed by atoms with Crippen molar-refractivity contribution in [3.05, 3.63) is 101 Å². The number of aliphatic carboxylic acids is 1. The molecule has 0 atom stereocenters. The van der Waals surface area contributed by atoms with Gasteiger partial charge >= 0.3 is 12.1 Å². The molecule has 0 aliphatic heterocycles. The van der Waals surface area contributed by atoms with Crippen molar-refractivity contribution in [3.63, 3.8) is 0 Å². The van der Waals surface area contributed by atoms with E-state index in [9.17, 15) is 23.1 Å². The molecular weight excluding hydrogens is 519 g/mol. The minimum Gasteiger partial charge on any atom is -0.478 e. The third kappa shape index (κ3) is 7.28. The van der Waals surface area contributed by atoms with Gasteiger partial charge in [-0.1, -0.05) is 54.6 Å². The van der Waals surface area contributed by atoms with Gasteiger partial charge in [-0.25, -0.2) is 14.5 Å². The second-order valence-electron chi connectivity index (χ2n) is 10.3. The van der Waals surface area contributed by atoms with Crippen molar-refractivity contribution in [3.8, 4) is 17.1 Å². The van der Waals surface area contributed by atoms with Gasteiger partial charge in [-0.2, -0.15) is 18.3 Å². The second kappa shape index (κ2) is 11.9. The van der Waals surface area contributed by atoms with Crippen LogP contribution in [-0.2, 0) is 36.8 Å². The molecule has 40 heavy (non-hydrogen) atoms. The molecule has 0 aliphatic rings. The number of carboxylic acid groups (broad SMARTS) is 1. The van der Waals surface area contributed by atoms with Gasteiger partial charge in [0.1, 0.15) is 11.6 Å². The quantitative estimate of drug-likeness (QED) is 0.219. The molecule has 1 N–H and O–H groups in total. The Morgan fingerprint density at radius 3 is 2.25 bits per heavy atom. The lowest BCUT2D eigenvalue weighted by atomic mass is 10.0. The molecule has 0 unspecified atom stereocenters. The van der Waals surface area contributed by atoms with Crippen molar-refractivity contribution in [1.29, 1.82) is 0 Å². The Morgan fingerprint density at radius 2 is 1.62 bits per heavy atom. The van der Waals surface area contributed by atoms with Crippen LogP contribution in [0.4, 0.5) is 13.2 Å². The third-order valence-electron chi connectivity index (χ3n) is 6.66. The van der Waals surface area contributed by atoms with Crippen molar-refractivity contribution < 1.29 is 27.8 Å². The summed E-state index contributed by atoms with van der Waals surface area (Å²) in [5.74, 6) is 0.655. The number of hydrogen-bond donors (Lipinski definition) is 1. The van der Waals surface area contributed by atoms with Crippen LogP contribution in [0.5, 0.6) is 5.75 Å². The fraction of sp³-hybridized carbons (Fsp3) is 0.323. The molecule has 0 saturated carbocycles. The molecular formula is C31H32F3N3O3. The fourth-order valence-corrected chi connectivity index (χ4v) is 4.30. The molecule has 0 amide bonds. The highest BCUT2D eigenvalue weighted by atomic mass is 19.4. The van der Waals surface area contributed by atoms with Gasteiger partial charge in [0.2, 0.25) is 0 Å². The lowest BCUT2D eigenvalue weighted by molar-refractivity contribution is -0.152. The maximum atomic E-state index is 13.0. The second-order valence-corrected chi connectivity index (χ2v) is 10.3. The van der Waals surface area contributed by atoms with Crippen molar-refractivity contribution in [1.82, 2.24) is 14.8 Å². The molecule has 0 spiro atoms. The fourth-order valence-electron chi connectivity index (χ4n) is 4.30. The zero-order chi connectivity index (χ0) is 28.9. The normalized spacial score (nSPS) is 11.9. The molecule has 3 aromatic carbocycles. The summed E-state index contributed by atoms with van der Waals surface area (Å²) in [5, 5.41) is 14.0. The number of aryl methyl sites for hydroxylation is 5. The van der Waals surface area contributed by atoms with Crippen LogP contribution in [0.3, 0.4) is 0 Å². The number of nitrogens with zero attached hydrogens (tertiary/aromatic N) is 3. The summed E-state index contributed by atoms with van der Waals surface area (Å²) in [7, 11) is 0. The molecule has 0 fully saturated rings. The van der Waals surface area contributed by atoms with Crippen molar-refractivity contribution in [2.45, 2.75) is 64.8 Å². The summed E-state index contributed by atoms with van der Waals surface area (Å²) < 4.78 is 46.6. The van der Waals surface area contributed by atoms with E-state index in [2.05, 4.69) is 5.10 Å². The number of rotatable bonds is 11. The van der Waals surface area contributed by atoms with Gasteiger partial charge in [0.15, 0.2) is 11.4 Å². The van der Waals surface area contributed by atoms with E-state index in [1.165, 1.54) is 26.0 Å². The Balaban J connectivity index is 1.48. The Kier molecular flexibility index (Phi) is 8.61. The summed E-state index contributed by atoms with van der Waals surface area (Å²) in [6.07, 6.45) is -1.49. The van der Waals surface area contributed by atoms with E-state index >= 15 is 0 Å². The molecule has 1 aromatic heterocycles. The summed E-state index contributed by atoms with van der Waals surface area (Å²) in [6, 6.07) is 20.6. The minimum absolute atomic E-state index is 0.398. The van der Waals surface area contributed by atoms with Crippen molar-refractivity contribution >= 4 is 5.97 Å². The number of benzene rings is 3. The van der Waals surface area contributed by atoms with E-state index in [1.54, 1.807) is 6.07 Å². The van der Waals surface area contributed by atoms with Crippen LogP contribution < -0.4 is 4.74 Å². The third-order valence-corrected chi connectivity index (χ3v) is 6.66. The topological polar surface area (TPSA) is 77.2 Å². The Bertz CT molecular complexity index is 1450. The lowest BCUT2D eigenvalue weighted by Gasteiger charge is -2.23. The summed E-state index contributed by atoms with van der Waals surface area (Å²) in [4.78, 5) is 16.1. The maximum absolute atomic E-state index is 13.0. The number of halogens is 3. The average Bonchev–Trinajstić information content (AvgIpc) is 3.32. The smallest absolute Gasteiger partial charge is 0.416 e. The lowest BCUT2D eigenvalue weighted by Crippen LogP contribution is -2.38. The zero-order valence-electron chi connectivity index (χ0n) is 22.7. The first kappa shape index (κ1) is 28.9. The SMILES string of the molecule is Cc1cc(CCCc2nc(-c3ccc(C(F)(F)F)cc3)nn2CCc2ccccc2)ccc1OC(C)(C)C(=O)O. The molecule has 0 saturated heterocycles. The number of carbonyl (C=O) groups is 1. The van der Waals surface area contributed by atoms with Crippen LogP contribution in [0, 0.1) is 6.92 Å². The Labute approximate surface area is 231 Å². The molecule has 0 bridgehead atoms. The van der Waals surface area contributed by atoms with Crippen LogP contribution in [-0.4, -0.2) is 31.4 Å². The van der Waals surface area contributed by atoms with Crippen LogP contribution >= 0.6 is 0 Å². The zero-order valence-corrected chi connectivity index (χ0v) is 22.7. The standard InChI is InChI=1S/C31H32F3N3O3/c1-21-20-23(12-17-26(21)40-30(2,3)29(38)39)10-7-11-27-35-28(24-13-15-25(16-14-24)31(32,33)34)36-37(27)19-18-22-8-5-4-6-9-22/h4-6,8-9,12-17,20H,7,10-11,18-19H2,1-3H3,(H,38,39). The van der Waals surface area contributed by atoms with E-state index in [-0.39, 0.29) is 0 Å². The van der Waals surface area contributed by atoms with Gasteiger partial charge in [0, 0.05) is 18.5 Å². The molecule has 9 heteroatoms. The number of ether oxygens (including phenoxy) is 1. The van der Waals surface area contributed by atoms with Crippen molar-refractivity contribution in [2.75, 3.05) is 0 Å². The predicted octanol–water partition coefficient (Wildman–Crippen LogP) is 6.93. The number of aromatic nitrogens is 3. The molecule has 0 radical (unpaired) electrons. The van der Waals surface area contributed by atoms with E-state index in [0.717, 1.165) is 53.9 Å². The monoisotopic (exact) mass is 551 g/mol. The predicted molar refractivity (Wildman–Crippen MR) is 146 cm³/mol. The molecule has 1 heterocycles. The largest absolute Gasteiger partial charge is 0.478 e. The molecule has 210 valence electrons. The summed E-state index contributed by atoms with van der Waals surface area (Å²) in [5.41, 5.74) is 1.57. The van der Waals surface area contributed by atoms with E-state index in [1.807, 2.05) is 54.1 Å². The van der Waals surface area contributed by atoms with Gasteiger partial charge in [-0.3, -0.25) is 0 Å². The van der Waals surface area contributed by atoms with Crippen LogP contribution in [0.2, 0.25) is 0 Å². The first-order valence-electron chi connectivity index (χ1n) is 13.1. The highest BCUT2D eigenvalue weighted by Crippen LogP contribution is 2.30. The van der Waals surface area contributed by atoms with Crippen LogP contribution in [0.15, 0.2) is 72.8 Å². The number of hydrogen-bond acceptors (Lipinski definition) is 4. The van der Waals surface area contributed by atoms with Crippen LogP contribution in [0.25, 0.3) is 11.4 Å². The maximum Gasteiger partial charge on any atom is 0.416 e. The van der Waals surface area contributed by atoms with E-state index in [0.29, 0.717) is 30.1 Å². The number of carboxylic acids is 1. The minimum atomic E-state index is -4.40.